The van der Waals surface area contributed by atoms with E-state index < -0.39 is 0 Å². The fraction of sp³-hybridized carbons (Fsp3) is 0.750. The third-order valence-electron chi connectivity index (χ3n) is 3.59. The van der Waals surface area contributed by atoms with E-state index in [-0.39, 0.29) is 0 Å². The molecule has 98 valence electrons. The van der Waals surface area contributed by atoms with E-state index in [1.807, 2.05) is 11.3 Å². The molecular weight excluding hydrogens is 224 g/mol. The van der Waals surface area contributed by atoms with Gasteiger partial charge in [-0.15, -0.1) is 11.3 Å². The molecule has 1 aromatic rings. The molecule has 0 saturated carbocycles. The van der Waals surface area contributed by atoms with Gasteiger partial charge in [-0.05, 0) is 30.2 Å². The molecule has 1 aromatic heterocycles. The van der Waals surface area contributed by atoms with Crippen LogP contribution in [0.5, 0.6) is 0 Å². The Kier molecular flexibility index (Phi) is 8.42. The molecule has 1 rings (SSSR count). The molecule has 0 aliphatic heterocycles. The lowest BCUT2D eigenvalue weighted by Crippen LogP contribution is -1.94. The summed E-state index contributed by atoms with van der Waals surface area (Å²) in [5, 5.41) is 2.21. The van der Waals surface area contributed by atoms with E-state index in [0.717, 1.165) is 5.92 Å². The van der Waals surface area contributed by atoms with Crippen LogP contribution in [0.4, 0.5) is 0 Å². The molecule has 0 radical (unpaired) electrons. The molecule has 0 spiro atoms. The Morgan fingerprint density at radius 1 is 1.00 bits per heavy atom. The lowest BCUT2D eigenvalue weighted by atomic mass is 9.96. The van der Waals surface area contributed by atoms with E-state index in [0.29, 0.717) is 0 Å². The van der Waals surface area contributed by atoms with Crippen molar-refractivity contribution in [2.75, 3.05) is 0 Å². The minimum Gasteiger partial charge on any atom is -0.149 e. The van der Waals surface area contributed by atoms with Gasteiger partial charge < -0.3 is 0 Å². The molecule has 0 fully saturated rings. The van der Waals surface area contributed by atoms with Crippen LogP contribution in [0.2, 0.25) is 0 Å². The second kappa shape index (κ2) is 9.70. The van der Waals surface area contributed by atoms with Gasteiger partial charge in [0.05, 0.1) is 0 Å². The summed E-state index contributed by atoms with van der Waals surface area (Å²) in [6, 6.07) is 4.49. The van der Waals surface area contributed by atoms with Crippen molar-refractivity contribution in [2.24, 2.45) is 0 Å². The van der Waals surface area contributed by atoms with Crippen molar-refractivity contribution < 1.29 is 0 Å². The fourth-order valence-corrected chi connectivity index (χ4v) is 3.37. The zero-order chi connectivity index (χ0) is 12.3. The standard InChI is InChI=1S/C16H28S/c1-3-5-6-7-8-9-10-12-15(4-2)16-13-11-14-17-16/h11,13-15H,3-10,12H2,1-2H3. The van der Waals surface area contributed by atoms with Gasteiger partial charge in [-0.3, -0.25) is 0 Å². The maximum Gasteiger partial charge on any atom is 0.00760 e. The molecule has 0 amide bonds. The Balaban J connectivity index is 2.04. The maximum atomic E-state index is 2.33. The minimum atomic E-state index is 0.825. The first-order valence-electron chi connectivity index (χ1n) is 7.41. The third-order valence-corrected chi connectivity index (χ3v) is 4.63. The zero-order valence-electron chi connectivity index (χ0n) is 11.6. The third kappa shape index (κ3) is 6.26. The Bertz CT molecular complexity index is 250. The summed E-state index contributed by atoms with van der Waals surface area (Å²) in [7, 11) is 0. The molecule has 1 heterocycles. The number of hydrogen-bond donors (Lipinski definition) is 0. The average molecular weight is 252 g/mol. The Morgan fingerprint density at radius 2 is 1.71 bits per heavy atom. The van der Waals surface area contributed by atoms with Gasteiger partial charge >= 0.3 is 0 Å². The summed E-state index contributed by atoms with van der Waals surface area (Å²) in [4.78, 5) is 1.60. The van der Waals surface area contributed by atoms with Gasteiger partial charge in [0.1, 0.15) is 0 Å². The fourth-order valence-electron chi connectivity index (χ4n) is 2.42. The first kappa shape index (κ1) is 14.8. The second-order valence-corrected chi connectivity index (χ2v) is 6.01. The minimum absolute atomic E-state index is 0.825. The quantitative estimate of drug-likeness (QED) is 0.424. The molecule has 0 N–H and O–H groups in total. The van der Waals surface area contributed by atoms with Crippen molar-refractivity contribution in [3.05, 3.63) is 22.4 Å². The summed E-state index contributed by atoms with van der Waals surface area (Å²) >= 11 is 1.93. The summed E-state index contributed by atoms with van der Waals surface area (Å²) in [5.41, 5.74) is 0. The lowest BCUT2D eigenvalue weighted by molar-refractivity contribution is 0.529. The normalized spacial score (nSPS) is 12.8. The topological polar surface area (TPSA) is 0 Å². The molecular formula is C16H28S. The van der Waals surface area contributed by atoms with Gasteiger partial charge in [0.15, 0.2) is 0 Å². The van der Waals surface area contributed by atoms with Gasteiger partial charge in [0.25, 0.3) is 0 Å². The van der Waals surface area contributed by atoms with Gasteiger partial charge in [-0.25, -0.2) is 0 Å². The second-order valence-electron chi connectivity index (χ2n) is 5.03. The summed E-state index contributed by atoms with van der Waals surface area (Å²) < 4.78 is 0. The highest BCUT2D eigenvalue weighted by molar-refractivity contribution is 7.10. The molecule has 0 nitrogen and oxygen atoms in total. The molecule has 1 unspecified atom stereocenters. The molecule has 0 bridgehead atoms. The van der Waals surface area contributed by atoms with Crippen LogP contribution in [0.1, 0.15) is 82.4 Å². The van der Waals surface area contributed by atoms with Gasteiger partial charge in [-0.1, -0.05) is 64.9 Å². The predicted molar refractivity (Wildman–Crippen MR) is 80.0 cm³/mol. The number of unbranched alkanes of at least 4 members (excludes halogenated alkanes) is 6. The van der Waals surface area contributed by atoms with Crippen LogP contribution in [-0.2, 0) is 0 Å². The maximum absolute atomic E-state index is 2.33. The molecule has 0 aliphatic carbocycles. The van der Waals surface area contributed by atoms with Crippen LogP contribution in [-0.4, -0.2) is 0 Å². The van der Waals surface area contributed by atoms with E-state index in [4.69, 9.17) is 0 Å². The first-order chi connectivity index (χ1) is 8.38. The highest BCUT2D eigenvalue weighted by atomic mass is 32.1. The number of thiophene rings is 1. The highest BCUT2D eigenvalue weighted by Gasteiger charge is 2.09. The van der Waals surface area contributed by atoms with Crippen molar-refractivity contribution in [1.29, 1.82) is 0 Å². The first-order valence-corrected chi connectivity index (χ1v) is 8.29. The number of rotatable bonds is 10. The zero-order valence-corrected chi connectivity index (χ0v) is 12.4. The van der Waals surface area contributed by atoms with Gasteiger partial charge in [-0.2, -0.15) is 0 Å². The van der Waals surface area contributed by atoms with Gasteiger partial charge in [0, 0.05) is 4.88 Å². The van der Waals surface area contributed by atoms with Crippen LogP contribution in [0.15, 0.2) is 17.5 Å². The van der Waals surface area contributed by atoms with Crippen molar-refractivity contribution in [3.8, 4) is 0 Å². The molecule has 1 heteroatoms. The van der Waals surface area contributed by atoms with E-state index >= 15 is 0 Å². The molecule has 0 aliphatic rings. The monoisotopic (exact) mass is 252 g/mol. The van der Waals surface area contributed by atoms with Crippen LogP contribution < -0.4 is 0 Å². The van der Waals surface area contributed by atoms with Crippen LogP contribution >= 0.6 is 11.3 Å². The summed E-state index contributed by atoms with van der Waals surface area (Å²) in [6.45, 7) is 4.61. The average Bonchev–Trinajstić information content (AvgIpc) is 2.86. The van der Waals surface area contributed by atoms with Crippen molar-refractivity contribution in [2.45, 2.75) is 77.6 Å². The summed E-state index contributed by atoms with van der Waals surface area (Å²) in [6.07, 6.45) is 12.7. The van der Waals surface area contributed by atoms with Crippen LogP contribution in [0.3, 0.4) is 0 Å². The van der Waals surface area contributed by atoms with E-state index in [2.05, 4.69) is 31.4 Å². The molecule has 0 aromatic carbocycles. The van der Waals surface area contributed by atoms with Crippen molar-refractivity contribution in [1.82, 2.24) is 0 Å². The Morgan fingerprint density at radius 3 is 2.29 bits per heavy atom. The molecule has 1 atom stereocenters. The van der Waals surface area contributed by atoms with E-state index in [9.17, 15) is 0 Å². The lowest BCUT2D eigenvalue weighted by Gasteiger charge is -2.12. The number of hydrogen-bond acceptors (Lipinski definition) is 1. The van der Waals surface area contributed by atoms with Crippen molar-refractivity contribution in [3.63, 3.8) is 0 Å². The predicted octanol–water partition coefficient (Wildman–Crippen LogP) is 6.38. The van der Waals surface area contributed by atoms with Gasteiger partial charge in [0.2, 0.25) is 0 Å². The Hall–Kier alpha value is -0.300. The van der Waals surface area contributed by atoms with Crippen LogP contribution in [0, 0.1) is 0 Å². The SMILES string of the molecule is CCCCCCCCCC(CC)c1cccs1. The van der Waals surface area contributed by atoms with E-state index in [1.54, 1.807) is 4.88 Å². The summed E-state index contributed by atoms with van der Waals surface area (Å²) in [5.74, 6) is 0.825. The highest BCUT2D eigenvalue weighted by Crippen LogP contribution is 2.29. The van der Waals surface area contributed by atoms with Crippen molar-refractivity contribution >= 4 is 11.3 Å². The van der Waals surface area contributed by atoms with E-state index in [1.165, 1.54) is 57.8 Å². The smallest absolute Gasteiger partial charge is 0.00760 e. The molecule has 17 heavy (non-hydrogen) atoms. The largest absolute Gasteiger partial charge is 0.149 e. The molecule has 0 saturated heterocycles. The van der Waals surface area contributed by atoms with Crippen LogP contribution in [0.25, 0.3) is 0 Å². The Labute approximate surface area is 111 Å².